The summed E-state index contributed by atoms with van der Waals surface area (Å²) in [5, 5.41) is 14.1. The predicted octanol–water partition coefficient (Wildman–Crippen LogP) is 2.77. The van der Waals surface area contributed by atoms with Crippen LogP contribution in [0, 0.1) is 0 Å². The highest BCUT2D eigenvalue weighted by Gasteiger charge is 2.06. The molecule has 0 atom stereocenters. The van der Waals surface area contributed by atoms with Gasteiger partial charge in [-0.3, -0.25) is 4.99 Å². The van der Waals surface area contributed by atoms with Gasteiger partial charge >= 0.3 is 0 Å². The molecule has 0 bridgehead atoms. The highest BCUT2D eigenvalue weighted by molar-refractivity contribution is 14.0. The van der Waals surface area contributed by atoms with E-state index in [1.807, 2.05) is 29.7 Å². The summed E-state index contributed by atoms with van der Waals surface area (Å²) in [5.74, 6) is 2.14. The minimum Gasteiger partial charge on any atom is -0.493 e. The fraction of sp³-hybridized carbons (Fsp3) is 0.471. The van der Waals surface area contributed by atoms with E-state index in [4.69, 9.17) is 9.47 Å². The molecule has 26 heavy (non-hydrogen) atoms. The molecule has 0 aliphatic rings. The van der Waals surface area contributed by atoms with Gasteiger partial charge in [0.25, 0.3) is 0 Å². The van der Waals surface area contributed by atoms with Crippen LogP contribution in [0.25, 0.3) is 0 Å². The smallest absolute Gasteiger partial charge is 0.195 e. The molecule has 0 unspecified atom stereocenters. The van der Waals surface area contributed by atoms with Crippen LogP contribution in [-0.4, -0.2) is 48.0 Å². The zero-order valence-electron chi connectivity index (χ0n) is 15.4. The van der Waals surface area contributed by atoms with Gasteiger partial charge in [-0.25, -0.2) is 0 Å². The SMILES string of the molecule is CCOc1ccc(NC(=NC)NCCCCn2cnnc2)cc1OC.I. The summed E-state index contributed by atoms with van der Waals surface area (Å²) in [5.41, 5.74) is 0.887. The Kier molecular flexibility index (Phi) is 10.4. The van der Waals surface area contributed by atoms with Crippen molar-refractivity contribution in [2.45, 2.75) is 26.3 Å². The standard InChI is InChI=1S/C17H26N6O2.HI/c1-4-25-15-8-7-14(11-16(15)24-3)22-17(18-2)19-9-5-6-10-23-12-20-21-13-23;/h7-8,11-13H,4-6,9-10H2,1-3H3,(H2,18,19,22);1H. The first-order valence-corrected chi connectivity index (χ1v) is 8.37. The highest BCUT2D eigenvalue weighted by atomic mass is 127. The number of aliphatic imine (C=N–C) groups is 1. The Morgan fingerprint density at radius 1 is 1.19 bits per heavy atom. The molecule has 9 heteroatoms. The molecule has 0 spiro atoms. The molecule has 0 fully saturated rings. The van der Waals surface area contributed by atoms with Crippen molar-refractivity contribution in [3.63, 3.8) is 0 Å². The summed E-state index contributed by atoms with van der Waals surface area (Å²) in [4.78, 5) is 4.24. The zero-order valence-corrected chi connectivity index (χ0v) is 17.8. The number of guanidine groups is 1. The maximum absolute atomic E-state index is 5.53. The Hall–Kier alpha value is -2.04. The molecule has 0 saturated carbocycles. The fourth-order valence-corrected chi connectivity index (χ4v) is 2.30. The molecule has 1 aromatic carbocycles. The van der Waals surface area contributed by atoms with Gasteiger partial charge in [0.1, 0.15) is 12.7 Å². The lowest BCUT2D eigenvalue weighted by Gasteiger charge is -2.14. The number of benzene rings is 1. The van der Waals surface area contributed by atoms with Gasteiger partial charge in [0, 0.05) is 31.9 Å². The Labute approximate surface area is 171 Å². The summed E-state index contributed by atoms with van der Waals surface area (Å²) in [6.07, 6.45) is 5.52. The number of ether oxygens (including phenoxy) is 2. The van der Waals surface area contributed by atoms with Crippen LogP contribution in [0.4, 0.5) is 5.69 Å². The number of methoxy groups -OCH3 is 1. The molecule has 0 saturated heterocycles. The number of aryl methyl sites for hydroxylation is 1. The van der Waals surface area contributed by atoms with Crippen LogP contribution in [0.3, 0.4) is 0 Å². The van der Waals surface area contributed by atoms with Crippen LogP contribution in [0.1, 0.15) is 19.8 Å². The topological polar surface area (TPSA) is 85.6 Å². The van der Waals surface area contributed by atoms with E-state index in [2.05, 4.69) is 25.8 Å². The van der Waals surface area contributed by atoms with Crippen LogP contribution in [0.2, 0.25) is 0 Å². The Morgan fingerprint density at radius 3 is 2.62 bits per heavy atom. The first-order chi connectivity index (χ1) is 12.3. The van der Waals surface area contributed by atoms with Gasteiger partial charge in [0.15, 0.2) is 17.5 Å². The number of unbranched alkanes of at least 4 members (excludes halogenated alkanes) is 1. The molecule has 0 aliphatic carbocycles. The number of nitrogens with zero attached hydrogens (tertiary/aromatic N) is 4. The first kappa shape index (κ1) is 22.0. The quantitative estimate of drug-likeness (QED) is 0.252. The molecule has 0 aliphatic heterocycles. The normalized spacial score (nSPS) is 10.8. The summed E-state index contributed by atoms with van der Waals surface area (Å²) >= 11 is 0. The third kappa shape index (κ3) is 7.06. The van der Waals surface area contributed by atoms with Crippen molar-refractivity contribution in [2.24, 2.45) is 4.99 Å². The maximum atomic E-state index is 5.53. The van der Waals surface area contributed by atoms with Gasteiger partial charge in [0.05, 0.1) is 13.7 Å². The number of halogens is 1. The predicted molar refractivity (Wildman–Crippen MR) is 114 cm³/mol. The number of hydrogen-bond donors (Lipinski definition) is 2. The summed E-state index contributed by atoms with van der Waals surface area (Å²) in [7, 11) is 3.38. The third-order valence-electron chi connectivity index (χ3n) is 3.55. The van der Waals surface area contributed by atoms with E-state index >= 15 is 0 Å². The van der Waals surface area contributed by atoms with Crippen molar-refractivity contribution >= 4 is 35.6 Å². The minimum atomic E-state index is 0. The third-order valence-corrected chi connectivity index (χ3v) is 3.55. The second kappa shape index (κ2) is 12.3. The molecular weight excluding hydrogens is 447 g/mol. The molecule has 2 rings (SSSR count). The van der Waals surface area contributed by atoms with E-state index in [0.717, 1.165) is 43.3 Å². The lowest BCUT2D eigenvalue weighted by atomic mass is 10.2. The number of nitrogens with one attached hydrogen (secondary N) is 2. The van der Waals surface area contributed by atoms with Crippen molar-refractivity contribution in [2.75, 3.05) is 32.6 Å². The molecule has 1 aromatic heterocycles. The van der Waals surface area contributed by atoms with Crippen molar-refractivity contribution in [3.05, 3.63) is 30.9 Å². The Morgan fingerprint density at radius 2 is 1.96 bits per heavy atom. The molecule has 0 amide bonds. The average molecular weight is 474 g/mol. The van der Waals surface area contributed by atoms with Crippen LogP contribution < -0.4 is 20.1 Å². The van der Waals surface area contributed by atoms with E-state index in [9.17, 15) is 0 Å². The largest absolute Gasteiger partial charge is 0.493 e. The van der Waals surface area contributed by atoms with E-state index in [1.165, 1.54) is 0 Å². The number of hydrogen-bond acceptors (Lipinski definition) is 5. The monoisotopic (exact) mass is 474 g/mol. The minimum absolute atomic E-state index is 0. The number of aromatic nitrogens is 3. The van der Waals surface area contributed by atoms with E-state index in [-0.39, 0.29) is 24.0 Å². The molecule has 0 radical (unpaired) electrons. The van der Waals surface area contributed by atoms with E-state index < -0.39 is 0 Å². The van der Waals surface area contributed by atoms with Gasteiger partial charge in [-0.15, -0.1) is 34.2 Å². The molecular formula is C17H27IN6O2. The number of anilines is 1. The van der Waals surface area contributed by atoms with Crippen LogP contribution in [-0.2, 0) is 6.54 Å². The van der Waals surface area contributed by atoms with Crippen LogP contribution in [0.15, 0.2) is 35.8 Å². The molecule has 8 nitrogen and oxygen atoms in total. The zero-order chi connectivity index (χ0) is 17.9. The van der Waals surface area contributed by atoms with Gasteiger partial charge in [-0.05, 0) is 31.9 Å². The van der Waals surface area contributed by atoms with Gasteiger partial charge in [-0.1, -0.05) is 0 Å². The van der Waals surface area contributed by atoms with Crippen molar-refractivity contribution in [3.8, 4) is 11.5 Å². The summed E-state index contributed by atoms with van der Waals surface area (Å²) in [6.45, 7) is 4.29. The lowest BCUT2D eigenvalue weighted by molar-refractivity contribution is 0.311. The van der Waals surface area contributed by atoms with E-state index in [0.29, 0.717) is 12.4 Å². The molecule has 144 valence electrons. The van der Waals surface area contributed by atoms with Gasteiger partial charge in [0.2, 0.25) is 0 Å². The van der Waals surface area contributed by atoms with Crippen molar-refractivity contribution < 1.29 is 9.47 Å². The molecule has 2 aromatic rings. The van der Waals surface area contributed by atoms with Crippen LogP contribution in [0.5, 0.6) is 11.5 Å². The molecule has 2 N–H and O–H groups in total. The van der Waals surface area contributed by atoms with Gasteiger partial charge in [-0.2, -0.15) is 0 Å². The van der Waals surface area contributed by atoms with Crippen molar-refractivity contribution in [1.82, 2.24) is 20.1 Å². The lowest BCUT2D eigenvalue weighted by Crippen LogP contribution is -2.31. The first-order valence-electron chi connectivity index (χ1n) is 8.37. The van der Waals surface area contributed by atoms with E-state index in [1.54, 1.807) is 26.8 Å². The summed E-state index contributed by atoms with van der Waals surface area (Å²) < 4.78 is 12.9. The average Bonchev–Trinajstić information content (AvgIpc) is 3.15. The summed E-state index contributed by atoms with van der Waals surface area (Å²) in [6, 6.07) is 5.72. The van der Waals surface area contributed by atoms with Gasteiger partial charge < -0.3 is 24.7 Å². The second-order valence-electron chi connectivity index (χ2n) is 5.33. The van der Waals surface area contributed by atoms with Crippen LogP contribution >= 0.6 is 24.0 Å². The fourth-order valence-electron chi connectivity index (χ4n) is 2.30. The second-order valence-corrected chi connectivity index (χ2v) is 5.33. The Bertz CT molecular complexity index is 663. The highest BCUT2D eigenvalue weighted by Crippen LogP contribution is 2.30. The van der Waals surface area contributed by atoms with Crippen molar-refractivity contribution in [1.29, 1.82) is 0 Å². The maximum Gasteiger partial charge on any atom is 0.195 e. The molecule has 1 heterocycles. The Balaban J connectivity index is 0.00000338. The number of rotatable bonds is 9.